The summed E-state index contributed by atoms with van der Waals surface area (Å²) in [6, 6.07) is 6.21. The van der Waals surface area contributed by atoms with Gasteiger partial charge in [0.05, 0.1) is 30.8 Å². The van der Waals surface area contributed by atoms with Gasteiger partial charge in [0.15, 0.2) is 0 Å². The number of carbonyl (C=O) groups excluding carboxylic acids is 1. The Morgan fingerprint density at radius 2 is 2.24 bits per heavy atom. The Kier molecular flexibility index (Phi) is 4.53. The van der Waals surface area contributed by atoms with Gasteiger partial charge in [0.1, 0.15) is 5.76 Å². The van der Waals surface area contributed by atoms with Gasteiger partial charge in [-0.1, -0.05) is 6.42 Å². The molecule has 1 amide bonds. The van der Waals surface area contributed by atoms with E-state index in [1.54, 1.807) is 24.7 Å². The number of hydrogen-bond donors (Lipinski definition) is 0. The highest BCUT2D eigenvalue weighted by Crippen LogP contribution is 2.39. The average molecular weight is 340 g/mol. The number of hydrogen-bond acceptors (Lipinski definition) is 5. The number of amides is 1. The van der Waals surface area contributed by atoms with Crippen molar-refractivity contribution in [3.8, 4) is 0 Å². The lowest BCUT2D eigenvalue weighted by atomic mass is 9.77. The lowest BCUT2D eigenvalue weighted by Crippen LogP contribution is -2.43. The fourth-order valence-corrected chi connectivity index (χ4v) is 4.52. The fourth-order valence-electron chi connectivity index (χ4n) is 4.52. The zero-order valence-corrected chi connectivity index (χ0v) is 14.5. The van der Waals surface area contributed by atoms with Crippen LogP contribution in [0.1, 0.15) is 35.4 Å². The standard InChI is InChI=1S/C19H24N4O2/c1-22(12-16-5-3-9-25-16)18-6-2-4-15-11-23(13-17(15)18)19(24)14-7-8-20-21-10-14/h3,5,7-10,15,17-18H,2,4,6,11-13H2,1H3/t15-,17+,18?/m1/s1. The summed E-state index contributed by atoms with van der Waals surface area (Å²) < 4.78 is 5.50. The summed E-state index contributed by atoms with van der Waals surface area (Å²) >= 11 is 0. The molecule has 4 rings (SSSR count). The molecule has 1 aliphatic carbocycles. The van der Waals surface area contributed by atoms with Gasteiger partial charge >= 0.3 is 0 Å². The van der Waals surface area contributed by atoms with Crippen molar-refractivity contribution in [3.63, 3.8) is 0 Å². The Balaban J connectivity index is 1.45. The van der Waals surface area contributed by atoms with E-state index in [-0.39, 0.29) is 5.91 Å². The highest BCUT2D eigenvalue weighted by Gasteiger charge is 2.43. The van der Waals surface area contributed by atoms with Crippen LogP contribution in [-0.2, 0) is 6.54 Å². The summed E-state index contributed by atoms with van der Waals surface area (Å²) in [7, 11) is 2.17. The van der Waals surface area contributed by atoms with Crippen LogP contribution in [0.4, 0.5) is 0 Å². The predicted octanol–water partition coefficient (Wildman–Crippen LogP) is 2.44. The first-order valence-electron chi connectivity index (χ1n) is 9.01. The van der Waals surface area contributed by atoms with E-state index in [4.69, 9.17) is 4.42 Å². The van der Waals surface area contributed by atoms with Crippen LogP contribution in [0.5, 0.6) is 0 Å². The molecule has 3 atom stereocenters. The maximum Gasteiger partial charge on any atom is 0.255 e. The molecule has 1 saturated heterocycles. The summed E-state index contributed by atoms with van der Waals surface area (Å²) in [5, 5.41) is 7.60. The van der Waals surface area contributed by atoms with Crippen molar-refractivity contribution < 1.29 is 9.21 Å². The van der Waals surface area contributed by atoms with E-state index in [1.807, 2.05) is 17.0 Å². The molecule has 2 aromatic rings. The number of aromatic nitrogens is 2. The third kappa shape index (κ3) is 3.31. The van der Waals surface area contributed by atoms with E-state index >= 15 is 0 Å². The van der Waals surface area contributed by atoms with Gasteiger partial charge in [-0.3, -0.25) is 9.69 Å². The quantitative estimate of drug-likeness (QED) is 0.855. The molecule has 6 heteroatoms. The molecule has 2 fully saturated rings. The Bertz CT molecular complexity index is 703. The Hall–Kier alpha value is -2.21. The van der Waals surface area contributed by atoms with Gasteiger partial charge < -0.3 is 9.32 Å². The van der Waals surface area contributed by atoms with Crippen LogP contribution in [0.15, 0.2) is 41.3 Å². The number of carbonyl (C=O) groups is 1. The Morgan fingerprint density at radius 3 is 3.00 bits per heavy atom. The Morgan fingerprint density at radius 1 is 1.32 bits per heavy atom. The Labute approximate surface area is 147 Å². The highest BCUT2D eigenvalue weighted by atomic mass is 16.3. The molecule has 1 unspecified atom stereocenters. The number of furan rings is 1. The lowest BCUT2D eigenvalue weighted by molar-refractivity contribution is 0.0766. The summed E-state index contributed by atoms with van der Waals surface area (Å²) in [5.74, 6) is 2.21. The zero-order valence-electron chi connectivity index (χ0n) is 14.5. The van der Waals surface area contributed by atoms with Gasteiger partial charge in [0.25, 0.3) is 5.91 Å². The van der Waals surface area contributed by atoms with Crippen LogP contribution in [0, 0.1) is 11.8 Å². The van der Waals surface area contributed by atoms with Crippen molar-refractivity contribution in [1.82, 2.24) is 20.0 Å². The van der Waals surface area contributed by atoms with Crippen LogP contribution in [0.3, 0.4) is 0 Å². The molecule has 0 N–H and O–H groups in total. The van der Waals surface area contributed by atoms with E-state index in [0.29, 0.717) is 23.4 Å². The molecule has 0 spiro atoms. The predicted molar refractivity (Wildman–Crippen MR) is 92.7 cm³/mol. The molecular weight excluding hydrogens is 316 g/mol. The van der Waals surface area contributed by atoms with Crippen molar-refractivity contribution in [2.45, 2.75) is 31.8 Å². The van der Waals surface area contributed by atoms with Gasteiger partial charge in [-0.05, 0) is 49.9 Å². The zero-order chi connectivity index (χ0) is 17.2. The van der Waals surface area contributed by atoms with Crippen molar-refractivity contribution >= 4 is 5.91 Å². The normalized spacial score (nSPS) is 26.0. The summed E-state index contributed by atoms with van der Waals surface area (Å²) in [6.45, 7) is 2.51. The first kappa shape index (κ1) is 16.3. The number of rotatable bonds is 4. The molecule has 1 aliphatic heterocycles. The van der Waals surface area contributed by atoms with E-state index in [1.165, 1.54) is 19.3 Å². The first-order valence-corrected chi connectivity index (χ1v) is 9.01. The molecule has 0 bridgehead atoms. The molecule has 25 heavy (non-hydrogen) atoms. The van der Waals surface area contributed by atoms with Crippen LogP contribution >= 0.6 is 0 Å². The van der Waals surface area contributed by atoms with Crippen LogP contribution in [-0.4, -0.2) is 52.1 Å². The van der Waals surface area contributed by atoms with Crippen molar-refractivity contribution in [1.29, 1.82) is 0 Å². The third-order valence-electron chi connectivity index (χ3n) is 5.73. The van der Waals surface area contributed by atoms with Crippen molar-refractivity contribution in [2.75, 3.05) is 20.1 Å². The second kappa shape index (κ2) is 6.96. The maximum atomic E-state index is 12.8. The third-order valence-corrected chi connectivity index (χ3v) is 5.73. The van der Waals surface area contributed by atoms with Crippen LogP contribution < -0.4 is 0 Å². The van der Waals surface area contributed by atoms with E-state index in [0.717, 1.165) is 25.4 Å². The topological polar surface area (TPSA) is 62.5 Å². The average Bonchev–Trinajstić information content (AvgIpc) is 3.30. The monoisotopic (exact) mass is 340 g/mol. The molecule has 2 aliphatic rings. The second-order valence-corrected chi connectivity index (χ2v) is 7.26. The van der Waals surface area contributed by atoms with Gasteiger partial charge in [0, 0.05) is 19.1 Å². The largest absolute Gasteiger partial charge is 0.468 e. The van der Waals surface area contributed by atoms with Gasteiger partial charge in [-0.25, -0.2) is 0 Å². The van der Waals surface area contributed by atoms with Crippen LogP contribution in [0.2, 0.25) is 0 Å². The minimum absolute atomic E-state index is 0.0803. The van der Waals surface area contributed by atoms with Crippen molar-refractivity contribution in [2.24, 2.45) is 11.8 Å². The molecular formula is C19H24N4O2. The summed E-state index contributed by atoms with van der Waals surface area (Å²) in [5.41, 5.74) is 0.633. The molecule has 2 aromatic heterocycles. The molecule has 1 saturated carbocycles. The SMILES string of the molecule is CN(Cc1ccco1)C1CCC[C@@H]2CN(C(=O)c3ccnnc3)C[C@H]12. The van der Waals surface area contributed by atoms with E-state index < -0.39 is 0 Å². The lowest BCUT2D eigenvalue weighted by Gasteiger charge is -2.38. The summed E-state index contributed by atoms with van der Waals surface area (Å²) in [4.78, 5) is 17.2. The highest BCUT2D eigenvalue weighted by molar-refractivity contribution is 5.94. The first-order chi connectivity index (χ1) is 12.2. The van der Waals surface area contributed by atoms with E-state index in [9.17, 15) is 4.79 Å². The van der Waals surface area contributed by atoms with Crippen molar-refractivity contribution in [3.05, 3.63) is 48.2 Å². The summed E-state index contributed by atoms with van der Waals surface area (Å²) in [6.07, 6.45) is 8.51. The van der Waals surface area contributed by atoms with E-state index in [2.05, 4.69) is 22.1 Å². The molecule has 132 valence electrons. The molecule has 0 aromatic carbocycles. The molecule has 3 heterocycles. The number of nitrogens with zero attached hydrogens (tertiary/aromatic N) is 4. The van der Waals surface area contributed by atoms with Crippen LogP contribution in [0.25, 0.3) is 0 Å². The van der Waals surface area contributed by atoms with Gasteiger partial charge in [-0.15, -0.1) is 0 Å². The minimum atomic E-state index is 0.0803. The van der Waals surface area contributed by atoms with Gasteiger partial charge in [-0.2, -0.15) is 10.2 Å². The number of fused-ring (bicyclic) bond motifs is 1. The maximum absolute atomic E-state index is 12.8. The van der Waals surface area contributed by atoms with Gasteiger partial charge in [0.2, 0.25) is 0 Å². The molecule has 0 radical (unpaired) electrons. The minimum Gasteiger partial charge on any atom is -0.468 e. The second-order valence-electron chi connectivity index (χ2n) is 7.26. The fraction of sp³-hybridized carbons (Fsp3) is 0.526. The molecule has 6 nitrogen and oxygen atoms in total. The smallest absolute Gasteiger partial charge is 0.255 e. The number of likely N-dealkylation sites (tertiary alicyclic amines) is 1.